The Labute approximate surface area is 183 Å². The van der Waals surface area contributed by atoms with E-state index >= 15 is 0 Å². The molecule has 1 aromatic heterocycles. The molecule has 0 aliphatic heterocycles. The first-order chi connectivity index (χ1) is 14.3. The average Bonchev–Trinajstić information content (AvgIpc) is 2.73. The topological polar surface area (TPSA) is 59.2 Å². The van der Waals surface area contributed by atoms with Gasteiger partial charge in [-0.1, -0.05) is 42.5 Å². The lowest BCUT2D eigenvalue weighted by atomic mass is 10.0. The fraction of sp³-hybridized carbons (Fsp3) is 0.200. The molecule has 0 radical (unpaired) electrons. The molecule has 5 heteroatoms. The minimum Gasteiger partial charge on any atom is -0.867 e. The highest BCUT2D eigenvalue weighted by molar-refractivity contribution is 7.81. The first kappa shape index (κ1) is 21.7. The van der Waals surface area contributed by atoms with Gasteiger partial charge in [-0.15, -0.1) is 0 Å². The van der Waals surface area contributed by atoms with Crippen LogP contribution in [0.1, 0.15) is 33.4 Å². The molecule has 4 nitrogen and oxygen atoms in total. The predicted octanol–water partition coefficient (Wildman–Crippen LogP) is 3.83. The third kappa shape index (κ3) is 4.58. The van der Waals surface area contributed by atoms with Crippen molar-refractivity contribution in [2.24, 2.45) is 0 Å². The summed E-state index contributed by atoms with van der Waals surface area (Å²) in [7, 11) is 0. The highest BCUT2D eigenvalue weighted by Crippen LogP contribution is 2.22. The Bertz CT molecular complexity index is 1140. The molecular weight excluding hydrogens is 392 g/mol. The molecule has 3 rings (SSSR count). The maximum Gasteiger partial charge on any atom is 0.238 e. The van der Waals surface area contributed by atoms with Gasteiger partial charge in [0.25, 0.3) is 0 Å². The molecule has 30 heavy (non-hydrogen) atoms. The van der Waals surface area contributed by atoms with Crippen molar-refractivity contribution in [3.05, 3.63) is 94.3 Å². The summed E-state index contributed by atoms with van der Waals surface area (Å²) in [6.45, 7) is 7.93. The van der Waals surface area contributed by atoms with Crippen molar-refractivity contribution >= 4 is 34.3 Å². The predicted molar refractivity (Wildman–Crippen MR) is 124 cm³/mol. The molecule has 0 bridgehead atoms. The monoisotopic (exact) mass is 418 g/mol. The number of pyridine rings is 1. The number of thiocarbonyl (C=S) groups is 1. The number of rotatable bonds is 5. The molecule has 2 aromatic carbocycles. The first-order valence-electron chi connectivity index (χ1n) is 9.79. The van der Waals surface area contributed by atoms with E-state index in [1.165, 1.54) is 0 Å². The van der Waals surface area contributed by atoms with Crippen LogP contribution in [-0.4, -0.2) is 10.1 Å². The molecular formula is C25H26N2O2S. The van der Waals surface area contributed by atoms with E-state index < -0.39 is 0 Å². The molecule has 3 aromatic rings. The molecule has 0 saturated heterocycles. The van der Waals surface area contributed by atoms with Crippen LogP contribution in [-0.2, 0) is 6.61 Å². The lowest BCUT2D eigenvalue weighted by Gasteiger charge is -2.19. The molecule has 0 unspecified atom stereocenters. The largest absolute Gasteiger partial charge is 0.867 e. The second-order valence-corrected chi connectivity index (χ2v) is 7.86. The van der Waals surface area contributed by atoms with Crippen LogP contribution in [0.2, 0.25) is 0 Å². The maximum absolute atomic E-state index is 13.5. The highest BCUT2D eigenvalue weighted by Gasteiger charge is 2.20. The number of hydrogen-bond acceptors (Lipinski definition) is 3. The number of aryl methyl sites for hydroxylation is 3. The lowest BCUT2D eigenvalue weighted by molar-refractivity contribution is -0.578. The van der Waals surface area contributed by atoms with Crippen LogP contribution in [0.15, 0.2) is 60.9 Å². The Hall–Kier alpha value is -3.02. The molecule has 0 atom stereocenters. The molecule has 1 heterocycles. The summed E-state index contributed by atoms with van der Waals surface area (Å²) in [5.74, 6) is -0.180. The highest BCUT2D eigenvalue weighted by atomic mass is 32.1. The quantitative estimate of drug-likeness (QED) is 0.286. The molecule has 0 fully saturated rings. The molecule has 0 aliphatic rings. The Morgan fingerprint density at radius 1 is 1.00 bits per heavy atom. The fourth-order valence-corrected chi connectivity index (χ4v) is 3.49. The summed E-state index contributed by atoms with van der Waals surface area (Å²) in [6, 6.07) is 15.2. The van der Waals surface area contributed by atoms with E-state index in [4.69, 9.17) is 12.2 Å². The molecule has 0 aliphatic carbocycles. The molecule has 0 spiro atoms. The fourth-order valence-electron chi connectivity index (χ4n) is 3.18. The summed E-state index contributed by atoms with van der Waals surface area (Å²) in [6.07, 6.45) is 3.50. The number of benzene rings is 2. The SMILES string of the molecule is Cc1ccc(C([O-])=C(C(=S)Nc2cccc(C)c2C)[n+]2cccc(CO)c2)cc1C. The van der Waals surface area contributed by atoms with E-state index in [2.05, 4.69) is 5.32 Å². The number of aliphatic hydroxyl groups is 1. The number of hydrogen-bond donors (Lipinski definition) is 2. The minimum absolute atomic E-state index is 0.122. The summed E-state index contributed by atoms with van der Waals surface area (Å²) in [5, 5.41) is 26.3. The van der Waals surface area contributed by atoms with Crippen LogP contribution >= 0.6 is 12.2 Å². The van der Waals surface area contributed by atoms with E-state index in [0.717, 1.165) is 27.9 Å². The second-order valence-electron chi connectivity index (χ2n) is 7.46. The molecule has 154 valence electrons. The maximum atomic E-state index is 13.5. The van der Waals surface area contributed by atoms with Gasteiger partial charge in [0.05, 0.1) is 6.61 Å². The van der Waals surface area contributed by atoms with E-state index in [0.29, 0.717) is 21.8 Å². The van der Waals surface area contributed by atoms with Crippen molar-refractivity contribution in [1.82, 2.24) is 0 Å². The van der Waals surface area contributed by atoms with Crippen LogP contribution in [0.5, 0.6) is 0 Å². The van der Waals surface area contributed by atoms with Gasteiger partial charge in [-0.25, -0.2) is 0 Å². The standard InChI is InChI=1S/C25H26N2O2S/c1-16-10-11-21(13-18(16)3)24(29)23(27-12-6-8-20(14-27)15-28)25(30)26-22-9-5-7-17(2)19(22)4/h5-14,28H,15H2,1-4H3,(H-,26,29,30). The first-order valence-corrected chi connectivity index (χ1v) is 10.2. The minimum atomic E-state index is -0.180. The number of aromatic nitrogens is 1. The molecule has 2 N–H and O–H groups in total. The Kier molecular flexibility index (Phi) is 6.65. The number of aliphatic hydroxyl groups excluding tert-OH is 1. The van der Waals surface area contributed by atoms with E-state index in [9.17, 15) is 10.2 Å². The number of anilines is 1. The van der Waals surface area contributed by atoms with Gasteiger partial charge in [0.1, 0.15) is 0 Å². The van der Waals surface area contributed by atoms with Gasteiger partial charge in [0.15, 0.2) is 17.4 Å². The van der Waals surface area contributed by atoms with Gasteiger partial charge in [-0.3, -0.25) is 0 Å². The van der Waals surface area contributed by atoms with Gasteiger partial charge in [-0.2, -0.15) is 4.57 Å². The normalized spacial score (nSPS) is 11.8. The third-order valence-corrected chi connectivity index (χ3v) is 5.65. The van der Waals surface area contributed by atoms with Gasteiger partial charge in [-0.05, 0) is 73.4 Å². The van der Waals surface area contributed by atoms with E-state index in [1.54, 1.807) is 29.1 Å². The Morgan fingerprint density at radius 2 is 1.77 bits per heavy atom. The van der Waals surface area contributed by atoms with Gasteiger partial charge < -0.3 is 15.5 Å². The van der Waals surface area contributed by atoms with Crippen molar-refractivity contribution in [2.75, 3.05) is 5.32 Å². The summed E-state index contributed by atoms with van der Waals surface area (Å²) in [4.78, 5) is 0.326. The Balaban J connectivity index is 2.14. The summed E-state index contributed by atoms with van der Waals surface area (Å²) >= 11 is 5.70. The van der Waals surface area contributed by atoms with Crippen LogP contribution in [0.25, 0.3) is 11.5 Å². The zero-order valence-corrected chi connectivity index (χ0v) is 18.5. The van der Waals surface area contributed by atoms with Crippen LogP contribution < -0.4 is 15.0 Å². The zero-order chi connectivity index (χ0) is 21.8. The molecule has 0 amide bonds. The van der Waals surface area contributed by atoms with Crippen molar-refractivity contribution in [3.63, 3.8) is 0 Å². The van der Waals surface area contributed by atoms with Gasteiger partial charge >= 0.3 is 0 Å². The zero-order valence-electron chi connectivity index (χ0n) is 17.7. The number of nitrogens with one attached hydrogen (secondary N) is 1. The average molecular weight is 419 g/mol. The Morgan fingerprint density at radius 3 is 2.47 bits per heavy atom. The number of nitrogens with zero attached hydrogens (tertiary/aromatic N) is 1. The summed E-state index contributed by atoms with van der Waals surface area (Å²) in [5.41, 5.74) is 6.85. The van der Waals surface area contributed by atoms with Crippen LogP contribution in [0.3, 0.4) is 0 Å². The van der Waals surface area contributed by atoms with Crippen LogP contribution in [0, 0.1) is 27.7 Å². The van der Waals surface area contributed by atoms with Gasteiger partial charge in [0, 0.05) is 17.3 Å². The van der Waals surface area contributed by atoms with Crippen molar-refractivity contribution in [2.45, 2.75) is 34.3 Å². The molecule has 0 saturated carbocycles. The smallest absolute Gasteiger partial charge is 0.238 e. The second kappa shape index (κ2) is 9.20. The van der Waals surface area contributed by atoms with E-state index in [-0.39, 0.29) is 12.4 Å². The van der Waals surface area contributed by atoms with Crippen molar-refractivity contribution in [3.8, 4) is 0 Å². The lowest BCUT2D eigenvalue weighted by Crippen LogP contribution is -2.40. The van der Waals surface area contributed by atoms with Gasteiger partial charge in [0.2, 0.25) is 5.70 Å². The van der Waals surface area contributed by atoms with Crippen molar-refractivity contribution < 1.29 is 14.8 Å². The third-order valence-electron chi connectivity index (χ3n) is 5.35. The summed E-state index contributed by atoms with van der Waals surface area (Å²) < 4.78 is 1.68. The van der Waals surface area contributed by atoms with E-state index in [1.807, 2.05) is 64.1 Å². The van der Waals surface area contributed by atoms with Crippen molar-refractivity contribution in [1.29, 1.82) is 0 Å². The van der Waals surface area contributed by atoms with Crippen LogP contribution in [0.4, 0.5) is 5.69 Å².